The molecule has 0 nitrogen and oxygen atoms in total. The highest BCUT2D eigenvalue weighted by atomic mass is 79.9. The molecule has 0 heterocycles. The van der Waals surface area contributed by atoms with Crippen molar-refractivity contribution in [2.24, 2.45) is 0 Å². The van der Waals surface area contributed by atoms with Crippen LogP contribution in [0.4, 0.5) is 13.8 Å². The van der Waals surface area contributed by atoms with Gasteiger partial charge in [0.05, 0.1) is 0 Å². The van der Waals surface area contributed by atoms with Crippen molar-refractivity contribution in [1.29, 1.82) is 0 Å². The van der Waals surface area contributed by atoms with E-state index in [0.717, 1.165) is 4.47 Å². The minimum atomic E-state index is -0.209. The van der Waals surface area contributed by atoms with Crippen molar-refractivity contribution in [1.82, 2.24) is 0 Å². The molecule has 0 saturated carbocycles. The molecule has 4 heteroatoms. The first-order valence-electron chi connectivity index (χ1n) is 2.20. The summed E-state index contributed by atoms with van der Waals surface area (Å²) in [5, 5.41) is 0. The summed E-state index contributed by atoms with van der Waals surface area (Å²) < 4.78 is 12.9. The van der Waals surface area contributed by atoms with Gasteiger partial charge < -0.3 is 0 Å². The van der Waals surface area contributed by atoms with Gasteiger partial charge in [-0.25, -0.2) is 4.39 Å². The number of rotatable bonds is 0. The van der Waals surface area contributed by atoms with E-state index in [1.165, 1.54) is 12.1 Å². The van der Waals surface area contributed by atoms with Gasteiger partial charge in [-0.05, 0) is 18.2 Å². The number of hydrogen-bond acceptors (Lipinski definition) is 0. The normalized spacial score (nSPS) is 7.40. The molecule has 1 aromatic rings. The van der Waals surface area contributed by atoms with Gasteiger partial charge in [0.2, 0.25) is 0 Å². The van der Waals surface area contributed by atoms with Crippen LogP contribution in [0.3, 0.4) is 0 Å². The van der Waals surface area contributed by atoms with Gasteiger partial charge >= 0.3 is 0 Å². The summed E-state index contributed by atoms with van der Waals surface area (Å²) in [6, 6.07) is 6.26. The molecular weight excluding hydrogens is 209 g/mol. The van der Waals surface area contributed by atoms with Crippen molar-refractivity contribution in [3.63, 3.8) is 0 Å². The Bertz CT molecular complexity index is 173. The summed E-state index contributed by atoms with van der Waals surface area (Å²) in [4.78, 5) is 0. The summed E-state index contributed by atoms with van der Waals surface area (Å²) in [5.74, 6) is -0.209. The average Bonchev–Trinajstić information content (AvgIpc) is 1.64. The molecule has 0 unspecified atom stereocenters. The zero-order valence-corrected chi connectivity index (χ0v) is 6.47. The second-order valence-electron chi connectivity index (χ2n) is 1.44. The zero-order chi connectivity index (χ0) is 5.98. The first kappa shape index (κ1) is 12.2. The van der Waals surface area contributed by atoms with Crippen molar-refractivity contribution >= 4 is 15.9 Å². The Balaban J connectivity index is 0. The van der Waals surface area contributed by atoms with E-state index in [9.17, 15) is 4.39 Å². The monoisotopic (exact) mass is 214 g/mol. The Morgan fingerprint density at radius 1 is 1.20 bits per heavy atom. The first-order valence-corrected chi connectivity index (χ1v) is 2.99. The van der Waals surface area contributed by atoms with Gasteiger partial charge in [-0.3, -0.25) is 9.41 Å². The molecule has 1 aromatic carbocycles. The highest BCUT2D eigenvalue weighted by Gasteiger charge is 1.86. The molecule has 0 amide bonds. The van der Waals surface area contributed by atoms with Crippen molar-refractivity contribution in [2.45, 2.75) is 0 Å². The van der Waals surface area contributed by atoms with Gasteiger partial charge in [0, 0.05) is 4.47 Å². The maximum absolute atomic E-state index is 12.1. The maximum atomic E-state index is 12.1. The fourth-order valence-electron chi connectivity index (χ4n) is 0.460. The Morgan fingerprint density at radius 3 is 2.10 bits per heavy atom. The van der Waals surface area contributed by atoms with Crippen LogP contribution in [0.5, 0.6) is 0 Å². The van der Waals surface area contributed by atoms with Gasteiger partial charge in [-0.2, -0.15) is 0 Å². The number of hydrogen-bond donors (Lipinski definition) is 0. The lowest BCUT2D eigenvalue weighted by molar-refractivity contribution is 0.627. The van der Waals surface area contributed by atoms with Crippen molar-refractivity contribution in [2.75, 3.05) is 0 Å². The third-order valence-corrected chi connectivity index (χ3v) is 1.28. The lowest BCUT2D eigenvalue weighted by atomic mass is 10.4. The van der Waals surface area contributed by atoms with Crippen LogP contribution in [0.25, 0.3) is 0 Å². The highest BCUT2D eigenvalue weighted by molar-refractivity contribution is 9.10. The number of benzene rings is 1. The van der Waals surface area contributed by atoms with E-state index in [-0.39, 0.29) is 15.2 Å². The molecule has 1 rings (SSSR count). The standard InChI is InChI=1S/C6H4BrF.2FH/c7-5-2-1-3-6(8)4-5;;/h1-4H;2*1H. The van der Waals surface area contributed by atoms with Crippen LogP contribution in [-0.2, 0) is 0 Å². The van der Waals surface area contributed by atoms with Gasteiger partial charge in [-0.1, -0.05) is 22.0 Å². The molecule has 0 spiro atoms. The smallest absolute Gasteiger partial charge is 0.124 e. The van der Waals surface area contributed by atoms with E-state index >= 15 is 0 Å². The first-order chi connectivity index (χ1) is 3.79. The lowest BCUT2D eigenvalue weighted by Crippen LogP contribution is -1.68. The van der Waals surface area contributed by atoms with Gasteiger partial charge in [0.25, 0.3) is 0 Å². The van der Waals surface area contributed by atoms with E-state index in [0.29, 0.717) is 0 Å². The van der Waals surface area contributed by atoms with Crippen LogP contribution in [0.1, 0.15) is 0 Å². The Kier molecular flexibility index (Phi) is 6.45. The molecule has 0 aromatic heterocycles. The second kappa shape index (κ2) is 5.29. The van der Waals surface area contributed by atoms with Crippen LogP contribution in [0.15, 0.2) is 28.7 Å². The maximum Gasteiger partial charge on any atom is 0.124 e. The van der Waals surface area contributed by atoms with Crippen molar-refractivity contribution in [3.05, 3.63) is 34.6 Å². The summed E-state index contributed by atoms with van der Waals surface area (Å²) in [6.07, 6.45) is 0. The third kappa shape index (κ3) is 3.50. The molecule has 0 bridgehead atoms. The van der Waals surface area contributed by atoms with Gasteiger partial charge in [-0.15, -0.1) is 0 Å². The Labute approximate surface area is 64.9 Å². The molecule has 0 aliphatic heterocycles. The summed E-state index contributed by atoms with van der Waals surface area (Å²) >= 11 is 3.12. The van der Waals surface area contributed by atoms with Crippen LogP contribution in [0, 0.1) is 5.82 Å². The van der Waals surface area contributed by atoms with E-state index in [2.05, 4.69) is 15.9 Å². The predicted octanol–water partition coefficient (Wildman–Crippen LogP) is 2.89. The number of halogens is 4. The molecule has 58 valence electrons. The minimum Gasteiger partial charge on any atom is -0.269 e. The van der Waals surface area contributed by atoms with Crippen molar-refractivity contribution < 1.29 is 13.8 Å². The summed E-state index contributed by atoms with van der Waals surface area (Å²) in [7, 11) is 0. The molecule has 0 atom stereocenters. The van der Waals surface area contributed by atoms with Crippen LogP contribution >= 0.6 is 15.9 Å². The topological polar surface area (TPSA) is 0 Å². The van der Waals surface area contributed by atoms with Crippen LogP contribution < -0.4 is 0 Å². The predicted molar refractivity (Wildman–Crippen MR) is 39.1 cm³/mol. The largest absolute Gasteiger partial charge is 0.269 e. The van der Waals surface area contributed by atoms with Crippen LogP contribution in [-0.4, -0.2) is 0 Å². The molecule has 0 radical (unpaired) electrons. The molecule has 0 aliphatic carbocycles. The van der Waals surface area contributed by atoms with E-state index in [1.54, 1.807) is 12.1 Å². The summed E-state index contributed by atoms with van der Waals surface area (Å²) in [5.41, 5.74) is 0. The van der Waals surface area contributed by atoms with E-state index in [1.807, 2.05) is 0 Å². The highest BCUT2D eigenvalue weighted by Crippen LogP contribution is 2.09. The van der Waals surface area contributed by atoms with Crippen LogP contribution in [0.2, 0.25) is 0 Å². The molecule has 0 fully saturated rings. The Hall–Kier alpha value is -0.510. The van der Waals surface area contributed by atoms with E-state index in [4.69, 9.17) is 0 Å². The quantitative estimate of drug-likeness (QED) is 0.624. The average molecular weight is 215 g/mol. The summed E-state index contributed by atoms with van der Waals surface area (Å²) in [6.45, 7) is 0. The Morgan fingerprint density at radius 2 is 1.80 bits per heavy atom. The molecule has 10 heavy (non-hydrogen) atoms. The molecule has 0 aliphatic rings. The lowest BCUT2D eigenvalue weighted by Gasteiger charge is -1.85. The molecule has 0 N–H and O–H groups in total. The molecular formula is C6H6BrF3. The third-order valence-electron chi connectivity index (χ3n) is 0.787. The van der Waals surface area contributed by atoms with Gasteiger partial charge in [0.1, 0.15) is 5.82 Å². The van der Waals surface area contributed by atoms with E-state index < -0.39 is 0 Å². The zero-order valence-electron chi connectivity index (χ0n) is 4.88. The molecule has 0 saturated heterocycles. The van der Waals surface area contributed by atoms with Crippen molar-refractivity contribution in [3.8, 4) is 0 Å². The fourth-order valence-corrected chi connectivity index (χ4v) is 0.831. The fraction of sp³-hybridized carbons (Fsp3) is 0. The van der Waals surface area contributed by atoms with Gasteiger partial charge in [0.15, 0.2) is 0 Å². The SMILES string of the molecule is F.F.Fc1cccc(Br)c1. The second-order valence-corrected chi connectivity index (χ2v) is 2.36. The minimum absolute atomic E-state index is 0.